The number of hydrogen-bond acceptors (Lipinski definition) is 0. The summed E-state index contributed by atoms with van der Waals surface area (Å²) >= 11 is 0. The zero-order chi connectivity index (χ0) is 5.72. The molecule has 0 saturated heterocycles. The maximum atomic E-state index is 2.45. The molecule has 0 aromatic heterocycles. The van der Waals surface area contributed by atoms with Gasteiger partial charge in [-0.25, -0.2) is 0 Å². The standard InChI is InChI=1S/C8H12/c1-5-6(2)8-3-7(5)4-8/h3,5-7H,4H2,1-2H3. The summed E-state index contributed by atoms with van der Waals surface area (Å²) in [4.78, 5) is 0. The summed E-state index contributed by atoms with van der Waals surface area (Å²) in [6.07, 6.45) is 3.87. The van der Waals surface area contributed by atoms with E-state index in [-0.39, 0.29) is 0 Å². The van der Waals surface area contributed by atoms with Crippen molar-refractivity contribution in [2.45, 2.75) is 20.3 Å². The molecule has 0 aromatic rings. The highest BCUT2D eigenvalue weighted by Gasteiger charge is 2.39. The van der Waals surface area contributed by atoms with E-state index in [9.17, 15) is 0 Å². The van der Waals surface area contributed by atoms with E-state index < -0.39 is 0 Å². The SMILES string of the molecule is CC1C2=CC(C2)C1C. The highest BCUT2D eigenvalue weighted by Crippen LogP contribution is 2.50. The highest BCUT2D eigenvalue weighted by atomic mass is 14.4. The van der Waals surface area contributed by atoms with Crippen molar-refractivity contribution in [3.05, 3.63) is 11.6 Å². The molecule has 0 N–H and O–H groups in total. The molecule has 1 saturated carbocycles. The molecule has 0 radical (unpaired) electrons. The monoisotopic (exact) mass is 108 g/mol. The molecule has 0 nitrogen and oxygen atoms in total. The van der Waals surface area contributed by atoms with Crippen LogP contribution in [0.4, 0.5) is 0 Å². The lowest BCUT2D eigenvalue weighted by Crippen LogP contribution is -2.02. The Balaban J connectivity index is 2.28. The predicted molar refractivity (Wildman–Crippen MR) is 34.5 cm³/mol. The largest absolute Gasteiger partial charge is 0.0813 e. The molecule has 3 atom stereocenters. The van der Waals surface area contributed by atoms with Gasteiger partial charge in [0.2, 0.25) is 0 Å². The Hall–Kier alpha value is -0.260. The highest BCUT2D eigenvalue weighted by molar-refractivity contribution is 5.28. The van der Waals surface area contributed by atoms with Gasteiger partial charge in [0.05, 0.1) is 0 Å². The molecule has 44 valence electrons. The second-order valence-electron chi connectivity index (χ2n) is 3.26. The average molecular weight is 108 g/mol. The number of fused-ring (bicyclic) bond motifs is 1. The van der Waals surface area contributed by atoms with E-state index in [1.54, 1.807) is 5.57 Å². The first-order valence-electron chi connectivity index (χ1n) is 3.49. The topological polar surface area (TPSA) is 0 Å². The summed E-state index contributed by atoms with van der Waals surface area (Å²) in [7, 11) is 0. The van der Waals surface area contributed by atoms with Gasteiger partial charge < -0.3 is 0 Å². The number of rotatable bonds is 0. The summed E-state index contributed by atoms with van der Waals surface area (Å²) in [6, 6.07) is 0. The van der Waals surface area contributed by atoms with Crippen LogP contribution in [0.2, 0.25) is 0 Å². The fourth-order valence-electron chi connectivity index (χ4n) is 1.90. The predicted octanol–water partition coefficient (Wildman–Crippen LogP) is 2.22. The molecule has 0 aliphatic heterocycles. The van der Waals surface area contributed by atoms with Gasteiger partial charge in [-0.15, -0.1) is 0 Å². The van der Waals surface area contributed by atoms with Gasteiger partial charge in [-0.1, -0.05) is 25.5 Å². The number of hydrogen-bond donors (Lipinski definition) is 0. The summed E-state index contributed by atoms with van der Waals surface area (Å²) in [5, 5.41) is 0. The van der Waals surface area contributed by atoms with Crippen LogP contribution in [0, 0.1) is 17.8 Å². The van der Waals surface area contributed by atoms with Crippen molar-refractivity contribution in [1.82, 2.24) is 0 Å². The van der Waals surface area contributed by atoms with Crippen molar-refractivity contribution in [3.63, 3.8) is 0 Å². The number of allylic oxidation sites excluding steroid dienone is 2. The van der Waals surface area contributed by atoms with Crippen LogP contribution >= 0.6 is 0 Å². The third-order valence-corrected chi connectivity index (χ3v) is 2.95. The fraction of sp³-hybridized carbons (Fsp3) is 0.750. The van der Waals surface area contributed by atoms with Gasteiger partial charge in [0.15, 0.2) is 0 Å². The smallest absolute Gasteiger partial charge is 0.0162 e. The van der Waals surface area contributed by atoms with Gasteiger partial charge in [-0.05, 0) is 24.2 Å². The maximum Gasteiger partial charge on any atom is -0.0162 e. The molecule has 3 aliphatic rings. The van der Waals surface area contributed by atoms with Crippen LogP contribution in [0.1, 0.15) is 20.3 Å². The summed E-state index contributed by atoms with van der Waals surface area (Å²) < 4.78 is 0. The Bertz CT molecular complexity index is 144. The molecule has 1 fully saturated rings. The molecule has 0 heteroatoms. The van der Waals surface area contributed by atoms with E-state index in [0.29, 0.717) is 0 Å². The van der Waals surface area contributed by atoms with Crippen molar-refractivity contribution >= 4 is 0 Å². The van der Waals surface area contributed by atoms with Crippen LogP contribution in [-0.4, -0.2) is 0 Å². The van der Waals surface area contributed by atoms with E-state index >= 15 is 0 Å². The normalized spacial score (nSPS) is 50.8. The van der Waals surface area contributed by atoms with E-state index in [0.717, 1.165) is 17.8 Å². The van der Waals surface area contributed by atoms with Gasteiger partial charge in [-0.3, -0.25) is 0 Å². The first-order chi connectivity index (χ1) is 3.79. The minimum Gasteiger partial charge on any atom is -0.0813 e. The van der Waals surface area contributed by atoms with Crippen LogP contribution in [0.15, 0.2) is 11.6 Å². The summed E-state index contributed by atoms with van der Waals surface area (Å²) in [5.74, 6) is 2.85. The molecule has 0 amide bonds. The zero-order valence-corrected chi connectivity index (χ0v) is 5.52. The molecule has 2 bridgehead atoms. The van der Waals surface area contributed by atoms with Crippen molar-refractivity contribution in [2.24, 2.45) is 17.8 Å². The molecule has 3 rings (SSSR count). The van der Waals surface area contributed by atoms with E-state index in [1.807, 2.05) is 0 Å². The van der Waals surface area contributed by atoms with Crippen LogP contribution in [0.3, 0.4) is 0 Å². The van der Waals surface area contributed by atoms with Crippen LogP contribution in [0.5, 0.6) is 0 Å². The minimum absolute atomic E-state index is 0.917. The lowest BCUT2D eigenvalue weighted by molar-refractivity contribution is 0.440. The van der Waals surface area contributed by atoms with Crippen molar-refractivity contribution in [1.29, 1.82) is 0 Å². The third kappa shape index (κ3) is 0.331. The van der Waals surface area contributed by atoms with Gasteiger partial charge in [0.25, 0.3) is 0 Å². The van der Waals surface area contributed by atoms with Crippen LogP contribution in [0.25, 0.3) is 0 Å². The molecule has 3 aliphatic carbocycles. The van der Waals surface area contributed by atoms with E-state index in [4.69, 9.17) is 0 Å². The Morgan fingerprint density at radius 1 is 1.50 bits per heavy atom. The maximum absolute atomic E-state index is 2.45. The van der Waals surface area contributed by atoms with Crippen LogP contribution in [-0.2, 0) is 0 Å². The molecular weight excluding hydrogens is 96.1 g/mol. The molecule has 0 spiro atoms. The Morgan fingerprint density at radius 2 is 2.12 bits per heavy atom. The third-order valence-electron chi connectivity index (χ3n) is 2.95. The minimum atomic E-state index is 0.917. The van der Waals surface area contributed by atoms with Crippen molar-refractivity contribution in [2.75, 3.05) is 0 Å². The molecule has 8 heavy (non-hydrogen) atoms. The Labute approximate surface area is 50.6 Å². The molecule has 0 heterocycles. The lowest BCUT2D eigenvalue weighted by Gasteiger charge is -2.12. The quantitative estimate of drug-likeness (QED) is 0.417. The van der Waals surface area contributed by atoms with Gasteiger partial charge in [-0.2, -0.15) is 0 Å². The van der Waals surface area contributed by atoms with Crippen LogP contribution < -0.4 is 0 Å². The van der Waals surface area contributed by atoms with Gasteiger partial charge >= 0.3 is 0 Å². The second kappa shape index (κ2) is 1.18. The van der Waals surface area contributed by atoms with E-state index in [1.165, 1.54) is 6.42 Å². The van der Waals surface area contributed by atoms with E-state index in [2.05, 4.69) is 19.9 Å². The first-order valence-corrected chi connectivity index (χ1v) is 3.49. The van der Waals surface area contributed by atoms with Crippen molar-refractivity contribution in [3.8, 4) is 0 Å². The lowest BCUT2D eigenvalue weighted by atomic mass is 9.93. The second-order valence-corrected chi connectivity index (χ2v) is 3.26. The van der Waals surface area contributed by atoms with Crippen molar-refractivity contribution < 1.29 is 0 Å². The van der Waals surface area contributed by atoms with Gasteiger partial charge in [0.1, 0.15) is 0 Å². The molecule has 3 unspecified atom stereocenters. The average Bonchev–Trinajstić information content (AvgIpc) is 1.89. The summed E-state index contributed by atoms with van der Waals surface area (Å²) in [6.45, 7) is 4.72. The zero-order valence-electron chi connectivity index (χ0n) is 5.52. The molecular formula is C8H12. The molecule has 0 aromatic carbocycles. The first kappa shape index (κ1) is 4.60. The van der Waals surface area contributed by atoms with Gasteiger partial charge in [0, 0.05) is 0 Å². The summed E-state index contributed by atoms with van der Waals surface area (Å²) in [5.41, 5.74) is 1.72. The fourth-order valence-corrected chi connectivity index (χ4v) is 1.90. The Morgan fingerprint density at radius 3 is 2.25 bits per heavy atom. The Kier molecular flexibility index (Phi) is 0.677.